The normalized spacial score (nSPS) is 17.7. The maximum Gasteiger partial charge on any atom is 0.274 e. The first kappa shape index (κ1) is 18.4. The predicted octanol–water partition coefficient (Wildman–Crippen LogP) is 2.61. The molecule has 2 aromatic rings. The second-order valence-electron chi connectivity index (χ2n) is 7.07. The van der Waals surface area contributed by atoms with Crippen LogP contribution in [0.15, 0.2) is 11.6 Å². The minimum atomic E-state index is -0.399. The van der Waals surface area contributed by atoms with Crippen molar-refractivity contribution < 1.29 is 9.90 Å². The van der Waals surface area contributed by atoms with Gasteiger partial charge in [-0.15, -0.1) is 11.3 Å². The Labute approximate surface area is 153 Å². The second kappa shape index (κ2) is 8.29. The Morgan fingerprint density at radius 1 is 1.32 bits per heavy atom. The number of aromatic nitrogens is 2. The van der Waals surface area contributed by atoms with Crippen LogP contribution in [-0.4, -0.2) is 63.0 Å². The van der Waals surface area contributed by atoms with Gasteiger partial charge in [0.25, 0.3) is 5.91 Å². The molecule has 6 nitrogen and oxygen atoms in total. The molecule has 1 N–H and O–H groups in total. The number of hydrogen-bond acceptors (Lipinski definition) is 5. The van der Waals surface area contributed by atoms with Crippen LogP contribution in [0.25, 0.3) is 4.96 Å². The molecule has 1 atom stereocenters. The number of rotatable bonds is 5. The molecule has 0 radical (unpaired) electrons. The minimum Gasteiger partial charge on any atom is -0.392 e. The van der Waals surface area contributed by atoms with Gasteiger partial charge in [0.15, 0.2) is 10.7 Å². The van der Waals surface area contributed by atoms with Crippen molar-refractivity contribution in [2.75, 3.05) is 26.7 Å². The van der Waals surface area contributed by atoms with Gasteiger partial charge in [0, 0.05) is 37.8 Å². The predicted molar refractivity (Wildman–Crippen MR) is 100 cm³/mol. The van der Waals surface area contributed by atoms with Crippen LogP contribution in [0.3, 0.4) is 0 Å². The molecular weight excluding hydrogens is 336 g/mol. The molecule has 0 aliphatic carbocycles. The lowest BCUT2D eigenvalue weighted by atomic mass is 10.1. The summed E-state index contributed by atoms with van der Waals surface area (Å²) in [5, 5.41) is 11.6. The van der Waals surface area contributed by atoms with E-state index in [9.17, 15) is 9.90 Å². The zero-order valence-electron chi connectivity index (χ0n) is 15.1. The fourth-order valence-corrected chi connectivity index (χ4v) is 4.26. The summed E-state index contributed by atoms with van der Waals surface area (Å²) < 4.78 is 2.01. The van der Waals surface area contributed by atoms with E-state index in [1.54, 1.807) is 18.3 Å². The number of fused-ring (bicyclic) bond motifs is 1. The fourth-order valence-electron chi connectivity index (χ4n) is 3.53. The molecule has 138 valence electrons. The highest BCUT2D eigenvalue weighted by Crippen LogP contribution is 2.21. The van der Waals surface area contributed by atoms with Crippen LogP contribution >= 0.6 is 11.3 Å². The summed E-state index contributed by atoms with van der Waals surface area (Å²) in [7, 11) is 1.96. The van der Waals surface area contributed by atoms with Crippen molar-refractivity contribution in [1.82, 2.24) is 19.2 Å². The number of carbonyl (C=O) groups excluding carboxylic acids is 1. The van der Waals surface area contributed by atoms with Crippen molar-refractivity contribution in [3.8, 4) is 0 Å². The number of carbonyl (C=O) groups is 1. The summed E-state index contributed by atoms with van der Waals surface area (Å²) in [6.07, 6.45) is 7.40. The van der Waals surface area contributed by atoms with Crippen LogP contribution in [0, 0.1) is 0 Å². The van der Waals surface area contributed by atoms with Crippen LogP contribution in [0.2, 0.25) is 0 Å². The molecule has 1 aliphatic heterocycles. The first-order valence-electron chi connectivity index (χ1n) is 9.16. The summed E-state index contributed by atoms with van der Waals surface area (Å²) in [6.45, 7) is 4.59. The largest absolute Gasteiger partial charge is 0.392 e. The van der Waals surface area contributed by atoms with Crippen molar-refractivity contribution >= 4 is 22.2 Å². The highest BCUT2D eigenvalue weighted by molar-refractivity contribution is 7.15. The Morgan fingerprint density at radius 3 is 2.68 bits per heavy atom. The number of nitrogens with zero attached hydrogens (tertiary/aromatic N) is 4. The number of aliphatic hydroxyl groups is 1. The van der Waals surface area contributed by atoms with E-state index in [1.165, 1.54) is 19.3 Å². The van der Waals surface area contributed by atoms with Gasteiger partial charge in [-0.25, -0.2) is 4.98 Å². The zero-order valence-corrected chi connectivity index (χ0v) is 16.0. The van der Waals surface area contributed by atoms with Gasteiger partial charge < -0.3 is 10.0 Å². The third kappa shape index (κ3) is 4.40. The molecule has 1 saturated heterocycles. The highest BCUT2D eigenvalue weighted by atomic mass is 32.1. The number of amides is 1. The van der Waals surface area contributed by atoms with E-state index in [1.807, 2.05) is 32.8 Å². The van der Waals surface area contributed by atoms with Crippen molar-refractivity contribution in [1.29, 1.82) is 0 Å². The quantitative estimate of drug-likeness (QED) is 0.886. The minimum absolute atomic E-state index is 0.0539. The number of likely N-dealkylation sites (tertiary alicyclic amines) is 1. The van der Waals surface area contributed by atoms with Crippen molar-refractivity contribution in [2.24, 2.45) is 0 Å². The van der Waals surface area contributed by atoms with Gasteiger partial charge in [0.1, 0.15) is 0 Å². The number of hydrogen-bond donors (Lipinski definition) is 1. The van der Waals surface area contributed by atoms with Gasteiger partial charge in [0.2, 0.25) is 0 Å². The van der Waals surface area contributed by atoms with E-state index < -0.39 is 6.10 Å². The summed E-state index contributed by atoms with van der Waals surface area (Å²) in [5.74, 6) is 0.0539. The summed E-state index contributed by atoms with van der Waals surface area (Å²) >= 11 is 1.55. The fraction of sp³-hybridized carbons (Fsp3) is 0.667. The molecule has 7 heteroatoms. The molecular formula is C18H28N4O2S. The number of thiazole rings is 1. The number of imidazole rings is 1. The molecule has 0 spiro atoms. The smallest absolute Gasteiger partial charge is 0.274 e. The van der Waals surface area contributed by atoms with E-state index in [0.29, 0.717) is 18.8 Å². The molecule has 3 rings (SSSR count). The lowest BCUT2D eigenvalue weighted by Gasteiger charge is -2.25. The molecule has 0 saturated carbocycles. The van der Waals surface area contributed by atoms with Gasteiger partial charge in [-0.05, 0) is 26.8 Å². The summed E-state index contributed by atoms with van der Waals surface area (Å²) in [4.78, 5) is 22.6. The Morgan fingerprint density at radius 2 is 2.00 bits per heavy atom. The standard InChI is InChI=1S/C18H28N4O2S/c1-14(23)12-20(2)13-15-16(19-18-22(15)10-11-25-18)17(24)21-8-6-4-3-5-7-9-21/h10-11,14,23H,3-9,12-13H2,1-2H3/t14-/m0/s1. The molecule has 1 aliphatic rings. The van der Waals surface area contributed by atoms with Gasteiger partial charge in [0.05, 0.1) is 11.8 Å². The van der Waals surface area contributed by atoms with Crippen LogP contribution in [0.4, 0.5) is 0 Å². The third-order valence-electron chi connectivity index (χ3n) is 4.70. The van der Waals surface area contributed by atoms with Crippen LogP contribution < -0.4 is 0 Å². The number of aliphatic hydroxyl groups excluding tert-OH is 1. The van der Waals surface area contributed by atoms with Gasteiger partial charge >= 0.3 is 0 Å². The highest BCUT2D eigenvalue weighted by Gasteiger charge is 2.25. The Kier molecular flexibility index (Phi) is 6.09. The maximum atomic E-state index is 13.1. The zero-order chi connectivity index (χ0) is 17.8. The lowest BCUT2D eigenvalue weighted by molar-refractivity contribution is 0.0734. The topological polar surface area (TPSA) is 61.1 Å². The average molecular weight is 365 g/mol. The van der Waals surface area contributed by atoms with Gasteiger partial charge in [-0.1, -0.05) is 19.3 Å². The molecule has 3 heterocycles. The Hall–Kier alpha value is -1.44. The van der Waals surface area contributed by atoms with E-state index in [-0.39, 0.29) is 5.91 Å². The average Bonchev–Trinajstić information content (AvgIpc) is 3.08. The monoisotopic (exact) mass is 364 g/mol. The lowest BCUT2D eigenvalue weighted by Crippen LogP contribution is -2.35. The summed E-state index contributed by atoms with van der Waals surface area (Å²) in [5.41, 5.74) is 1.50. The summed E-state index contributed by atoms with van der Waals surface area (Å²) in [6, 6.07) is 0. The molecule has 0 bridgehead atoms. The second-order valence-corrected chi connectivity index (χ2v) is 7.94. The van der Waals surface area contributed by atoms with Crippen LogP contribution in [-0.2, 0) is 6.54 Å². The SMILES string of the molecule is C[C@H](O)CN(C)Cc1c(C(=O)N2CCCCCCC2)nc2sccn12. The molecule has 25 heavy (non-hydrogen) atoms. The van der Waals surface area contributed by atoms with E-state index in [4.69, 9.17) is 0 Å². The first-order chi connectivity index (χ1) is 12.1. The van der Waals surface area contributed by atoms with Crippen LogP contribution in [0.5, 0.6) is 0 Å². The van der Waals surface area contributed by atoms with Crippen molar-refractivity contribution in [3.63, 3.8) is 0 Å². The van der Waals surface area contributed by atoms with E-state index in [0.717, 1.165) is 36.6 Å². The van der Waals surface area contributed by atoms with Gasteiger partial charge in [-0.2, -0.15) is 0 Å². The first-order valence-corrected chi connectivity index (χ1v) is 10.0. The molecule has 1 fully saturated rings. The molecule has 0 aromatic carbocycles. The Bertz CT molecular complexity index is 701. The van der Waals surface area contributed by atoms with Crippen LogP contribution in [0.1, 0.15) is 55.2 Å². The molecule has 0 unspecified atom stereocenters. The molecule has 1 amide bonds. The maximum absolute atomic E-state index is 13.1. The third-order valence-corrected chi connectivity index (χ3v) is 5.46. The molecule has 2 aromatic heterocycles. The van der Waals surface area contributed by atoms with Gasteiger partial charge in [-0.3, -0.25) is 14.1 Å². The van der Waals surface area contributed by atoms with E-state index >= 15 is 0 Å². The Balaban J connectivity index is 1.85. The van der Waals surface area contributed by atoms with E-state index in [2.05, 4.69) is 4.98 Å². The van der Waals surface area contributed by atoms with Crippen molar-refractivity contribution in [3.05, 3.63) is 23.0 Å². The van der Waals surface area contributed by atoms with Crippen molar-refractivity contribution in [2.45, 2.75) is 51.7 Å². The number of likely N-dealkylation sites (N-methyl/N-ethyl adjacent to an activating group) is 1.